The number of rotatable bonds is 1. The molecule has 0 unspecified atom stereocenters. The van der Waals surface area contributed by atoms with E-state index in [2.05, 4.69) is 6.07 Å². The molecule has 0 fully saturated rings. The van der Waals surface area contributed by atoms with Crippen LogP contribution < -0.4 is 6.15 Å². The van der Waals surface area contributed by atoms with Crippen LogP contribution in [0.25, 0.3) is 0 Å². The topological polar surface area (TPSA) is 58.8 Å². The lowest BCUT2D eigenvalue weighted by molar-refractivity contribution is 1.26. The summed E-state index contributed by atoms with van der Waals surface area (Å²) in [6.07, 6.45) is 0.515. The van der Waals surface area contributed by atoms with Gasteiger partial charge in [0.05, 0.1) is 12.5 Å². The highest BCUT2D eigenvalue weighted by Crippen LogP contribution is 1.96. The molecule has 0 spiro atoms. The maximum atomic E-state index is 8.27. The Morgan fingerprint density at radius 2 is 1.73 bits per heavy atom. The summed E-state index contributed by atoms with van der Waals surface area (Å²) in [4.78, 5) is 0. The van der Waals surface area contributed by atoms with E-state index < -0.39 is 0 Å². The van der Waals surface area contributed by atoms with Crippen LogP contribution in [0.4, 0.5) is 0 Å². The Labute approximate surface area is 72.8 Å². The Morgan fingerprint density at radius 3 is 2.18 bits per heavy atom. The molecule has 0 heterocycles. The maximum absolute atomic E-state index is 8.27. The van der Waals surface area contributed by atoms with Crippen LogP contribution in [0.3, 0.4) is 0 Å². The minimum atomic E-state index is 0. The average molecular weight is 171 g/mol. The molecular formula is C8H11ClN2. The second-order valence-corrected chi connectivity index (χ2v) is 1.82. The lowest BCUT2D eigenvalue weighted by atomic mass is 10.2. The van der Waals surface area contributed by atoms with Crippen molar-refractivity contribution < 1.29 is 0 Å². The summed E-state index contributed by atoms with van der Waals surface area (Å²) in [5.74, 6) is 0. The summed E-state index contributed by atoms with van der Waals surface area (Å²) in [6.45, 7) is 0. The highest BCUT2D eigenvalue weighted by Gasteiger charge is 1.84. The van der Waals surface area contributed by atoms with Gasteiger partial charge in [-0.1, -0.05) is 30.3 Å². The summed E-state index contributed by atoms with van der Waals surface area (Å²) in [5, 5.41) is 8.27. The first-order chi connectivity index (χ1) is 4.43. The standard InChI is InChI=1S/C8H7N.ClH.H3N/c9-7-6-8-4-2-1-3-5-8;;/h1-5H,6H2;1H;1H3. The van der Waals surface area contributed by atoms with Gasteiger partial charge in [0.1, 0.15) is 0 Å². The van der Waals surface area contributed by atoms with Crippen molar-refractivity contribution in [2.24, 2.45) is 0 Å². The number of nitriles is 1. The molecular weight excluding hydrogens is 160 g/mol. The Balaban J connectivity index is 0. The third-order valence-corrected chi connectivity index (χ3v) is 1.13. The quantitative estimate of drug-likeness (QED) is 0.703. The second-order valence-electron chi connectivity index (χ2n) is 1.82. The lowest BCUT2D eigenvalue weighted by Gasteiger charge is -1.88. The van der Waals surface area contributed by atoms with E-state index in [0.717, 1.165) is 5.56 Å². The van der Waals surface area contributed by atoms with Crippen LogP contribution in [-0.4, -0.2) is 0 Å². The number of nitrogens with zero attached hydrogens (tertiary/aromatic N) is 1. The van der Waals surface area contributed by atoms with Crippen molar-refractivity contribution in [1.29, 1.82) is 5.26 Å². The third kappa shape index (κ3) is 4.38. The van der Waals surface area contributed by atoms with Crippen LogP contribution in [0, 0.1) is 11.3 Å². The van der Waals surface area contributed by atoms with Crippen LogP contribution in [0.5, 0.6) is 0 Å². The normalized spacial score (nSPS) is 6.82. The molecule has 0 radical (unpaired) electrons. The van der Waals surface area contributed by atoms with Crippen molar-refractivity contribution in [2.45, 2.75) is 6.42 Å². The molecule has 1 aromatic carbocycles. The van der Waals surface area contributed by atoms with E-state index in [0.29, 0.717) is 6.42 Å². The average Bonchev–Trinajstić information content (AvgIpc) is 1.91. The van der Waals surface area contributed by atoms with Gasteiger partial charge in [-0.3, -0.25) is 0 Å². The van der Waals surface area contributed by atoms with Gasteiger partial charge in [-0.05, 0) is 5.56 Å². The fraction of sp³-hybridized carbons (Fsp3) is 0.125. The molecule has 11 heavy (non-hydrogen) atoms. The second kappa shape index (κ2) is 7.07. The van der Waals surface area contributed by atoms with E-state index in [4.69, 9.17) is 5.26 Å². The molecule has 0 aliphatic carbocycles. The summed E-state index contributed by atoms with van der Waals surface area (Å²) >= 11 is 0. The molecule has 0 saturated heterocycles. The summed E-state index contributed by atoms with van der Waals surface area (Å²) < 4.78 is 0. The first kappa shape index (κ1) is 12.6. The molecule has 0 saturated carbocycles. The van der Waals surface area contributed by atoms with Crippen LogP contribution >= 0.6 is 12.4 Å². The third-order valence-electron chi connectivity index (χ3n) is 1.13. The van der Waals surface area contributed by atoms with Crippen LogP contribution in [0.2, 0.25) is 0 Å². The van der Waals surface area contributed by atoms with Gasteiger partial charge in [-0.15, -0.1) is 12.4 Å². The van der Waals surface area contributed by atoms with Crippen molar-refractivity contribution >= 4 is 12.4 Å². The molecule has 3 N–H and O–H groups in total. The highest BCUT2D eigenvalue weighted by atomic mass is 35.5. The Bertz CT molecular complexity index is 215. The van der Waals surface area contributed by atoms with Gasteiger partial charge in [0, 0.05) is 0 Å². The number of hydrogen-bond acceptors (Lipinski definition) is 2. The van der Waals surface area contributed by atoms with Gasteiger partial charge in [0.15, 0.2) is 0 Å². The van der Waals surface area contributed by atoms with Gasteiger partial charge >= 0.3 is 0 Å². The van der Waals surface area contributed by atoms with Gasteiger partial charge in [-0.25, -0.2) is 0 Å². The van der Waals surface area contributed by atoms with Crippen LogP contribution in [0.1, 0.15) is 5.56 Å². The van der Waals surface area contributed by atoms with Crippen LogP contribution in [0.15, 0.2) is 30.3 Å². The summed E-state index contributed by atoms with van der Waals surface area (Å²) in [6, 6.07) is 11.8. The lowest BCUT2D eigenvalue weighted by Crippen LogP contribution is -1.76. The maximum Gasteiger partial charge on any atom is 0.0669 e. The number of benzene rings is 1. The SMILES string of the molecule is Cl.N.N#CCc1ccccc1. The van der Waals surface area contributed by atoms with Crippen molar-refractivity contribution in [1.82, 2.24) is 6.15 Å². The highest BCUT2D eigenvalue weighted by molar-refractivity contribution is 5.85. The zero-order valence-corrected chi connectivity index (χ0v) is 6.97. The summed E-state index contributed by atoms with van der Waals surface area (Å²) in [5.41, 5.74) is 1.08. The molecule has 1 rings (SSSR count). The van der Waals surface area contributed by atoms with Gasteiger partial charge in [0.2, 0.25) is 0 Å². The Hall–Kier alpha value is -1.04. The smallest absolute Gasteiger partial charge is 0.0669 e. The fourth-order valence-corrected chi connectivity index (χ4v) is 0.687. The van der Waals surface area contributed by atoms with E-state index in [-0.39, 0.29) is 18.6 Å². The molecule has 1 aromatic rings. The Morgan fingerprint density at radius 1 is 1.18 bits per heavy atom. The van der Waals surface area contributed by atoms with E-state index >= 15 is 0 Å². The predicted octanol–water partition coefficient (Wildman–Crippen LogP) is 2.34. The zero-order valence-electron chi connectivity index (χ0n) is 6.16. The first-order valence-corrected chi connectivity index (χ1v) is 2.84. The van der Waals surface area contributed by atoms with Crippen molar-refractivity contribution in [3.8, 4) is 6.07 Å². The van der Waals surface area contributed by atoms with E-state index in [1.54, 1.807) is 0 Å². The monoisotopic (exact) mass is 170 g/mol. The molecule has 0 atom stereocenters. The Kier molecular flexibility index (Phi) is 8.11. The molecule has 0 aliphatic rings. The van der Waals surface area contributed by atoms with Crippen LogP contribution in [-0.2, 0) is 6.42 Å². The van der Waals surface area contributed by atoms with E-state index in [1.807, 2.05) is 30.3 Å². The minimum Gasteiger partial charge on any atom is -0.344 e. The van der Waals surface area contributed by atoms with Gasteiger partial charge in [-0.2, -0.15) is 5.26 Å². The predicted molar refractivity (Wildman–Crippen MR) is 48.0 cm³/mol. The molecule has 3 heteroatoms. The number of hydrogen-bond donors (Lipinski definition) is 1. The van der Waals surface area contributed by atoms with E-state index in [9.17, 15) is 0 Å². The van der Waals surface area contributed by atoms with Crippen molar-refractivity contribution in [2.75, 3.05) is 0 Å². The molecule has 2 nitrogen and oxygen atoms in total. The molecule has 0 aromatic heterocycles. The van der Waals surface area contributed by atoms with Crippen molar-refractivity contribution in [3.05, 3.63) is 35.9 Å². The van der Waals surface area contributed by atoms with Gasteiger partial charge in [0.25, 0.3) is 0 Å². The molecule has 0 aliphatic heterocycles. The molecule has 0 bridgehead atoms. The van der Waals surface area contributed by atoms with Crippen molar-refractivity contribution in [3.63, 3.8) is 0 Å². The molecule has 0 amide bonds. The fourth-order valence-electron chi connectivity index (χ4n) is 0.687. The molecule has 60 valence electrons. The first-order valence-electron chi connectivity index (χ1n) is 2.84. The summed E-state index contributed by atoms with van der Waals surface area (Å²) in [7, 11) is 0. The minimum absolute atomic E-state index is 0. The van der Waals surface area contributed by atoms with E-state index in [1.165, 1.54) is 0 Å². The number of halogens is 1. The van der Waals surface area contributed by atoms with Gasteiger partial charge < -0.3 is 6.15 Å². The zero-order chi connectivity index (χ0) is 6.53. The largest absolute Gasteiger partial charge is 0.344 e.